The Labute approximate surface area is 96.8 Å². The van der Waals surface area contributed by atoms with E-state index in [0.717, 1.165) is 0 Å². The first-order valence-corrected chi connectivity index (χ1v) is 6.55. The van der Waals surface area contributed by atoms with Gasteiger partial charge in [-0.25, -0.2) is 8.42 Å². The highest BCUT2D eigenvalue weighted by Crippen LogP contribution is 2.18. The van der Waals surface area contributed by atoms with Gasteiger partial charge in [-0.05, 0) is 20.8 Å². The van der Waals surface area contributed by atoms with E-state index in [2.05, 4.69) is 6.58 Å². The van der Waals surface area contributed by atoms with E-state index in [9.17, 15) is 13.2 Å². The van der Waals surface area contributed by atoms with Gasteiger partial charge in [0.15, 0.2) is 0 Å². The molecule has 0 fully saturated rings. The Hall–Kier alpha value is -0.880. The van der Waals surface area contributed by atoms with Crippen LogP contribution in [-0.2, 0) is 14.8 Å². The maximum atomic E-state index is 11.9. The second-order valence-electron chi connectivity index (χ2n) is 4.45. The molecule has 0 aromatic heterocycles. The number of carboxylic acid groups (broad SMARTS) is 1. The average Bonchev–Trinajstić information content (AvgIpc) is 2.09. The number of sulfonamides is 1. The second-order valence-corrected chi connectivity index (χ2v) is 6.46. The molecule has 0 heterocycles. The summed E-state index contributed by atoms with van der Waals surface area (Å²) in [4.78, 5) is 10.4. The number of carboxylic acids is 1. The molecule has 1 N–H and O–H groups in total. The SMILES string of the molecule is C=CCN(C(C)(C)C)S(=O)(=O)CCC(=O)O. The summed E-state index contributed by atoms with van der Waals surface area (Å²) in [7, 11) is -3.56. The second kappa shape index (κ2) is 5.45. The van der Waals surface area contributed by atoms with Crippen molar-refractivity contribution < 1.29 is 18.3 Å². The van der Waals surface area contributed by atoms with Gasteiger partial charge in [-0.15, -0.1) is 6.58 Å². The summed E-state index contributed by atoms with van der Waals surface area (Å²) in [5, 5.41) is 8.49. The van der Waals surface area contributed by atoms with E-state index in [-0.39, 0.29) is 18.7 Å². The molecule has 94 valence electrons. The van der Waals surface area contributed by atoms with Crippen molar-refractivity contribution in [2.75, 3.05) is 12.3 Å². The van der Waals surface area contributed by atoms with Gasteiger partial charge >= 0.3 is 5.97 Å². The molecule has 0 atom stereocenters. The van der Waals surface area contributed by atoms with E-state index < -0.39 is 21.5 Å². The summed E-state index contributed by atoms with van der Waals surface area (Å²) in [6.45, 7) is 8.96. The van der Waals surface area contributed by atoms with Gasteiger partial charge < -0.3 is 5.11 Å². The van der Waals surface area contributed by atoms with Crippen molar-refractivity contribution in [3.8, 4) is 0 Å². The van der Waals surface area contributed by atoms with Gasteiger partial charge in [-0.2, -0.15) is 4.31 Å². The van der Waals surface area contributed by atoms with Gasteiger partial charge in [0.1, 0.15) is 0 Å². The van der Waals surface area contributed by atoms with Crippen molar-refractivity contribution in [1.29, 1.82) is 0 Å². The van der Waals surface area contributed by atoms with E-state index in [1.54, 1.807) is 20.8 Å². The molecule has 6 heteroatoms. The van der Waals surface area contributed by atoms with Crippen LogP contribution in [0.15, 0.2) is 12.7 Å². The van der Waals surface area contributed by atoms with Crippen LogP contribution in [0.4, 0.5) is 0 Å². The zero-order valence-corrected chi connectivity index (χ0v) is 10.7. The first-order chi connectivity index (χ1) is 7.11. The van der Waals surface area contributed by atoms with E-state index in [1.807, 2.05) is 0 Å². The summed E-state index contributed by atoms with van der Waals surface area (Å²) >= 11 is 0. The lowest BCUT2D eigenvalue weighted by Gasteiger charge is -2.33. The fourth-order valence-electron chi connectivity index (χ4n) is 1.25. The smallest absolute Gasteiger partial charge is 0.304 e. The number of hydrogen-bond acceptors (Lipinski definition) is 3. The van der Waals surface area contributed by atoms with Crippen LogP contribution >= 0.6 is 0 Å². The lowest BCUT2D eigenvalue weighted by Crippen LogP contribution is -2.46. The maximum Gasteiger partial charge on any atom is 0.304 e. The Balaban J connectivity index is 4.91. The minimum absolute atomic E-state index is 0.186. The minimum Gasteiger partial charge on any atom is -0.481 e. The van der Waals surface area contributed by atoms with Gasteiger partial charge in [0.05, 0.1) is 12.2 Å². The Morgan fingerprint density at radius 3 is 2.25 bits per heavy atom. The van der Waals surface area contributed by atoms with Gasteiger partial charge in [0.25, 0.3) is 0 Å². The fraction of sp³-hybridized carbons (Fsp3) is 0.700. The zero-order valence-electron chi connectivity index (χ0n) is 9.93. The summed E-state index contributed by atoms with van der Waals surface area (Å²) in [6.07, 6.45) is 1.11. The molecule has 0 bridgehead atoms. The van der Waals surface area contributed by atoms with Crippen LogP contribution in [0, 0.1) is 0 Å². The van der Waals surface area contributed by atoms with E-state index in [0.29, 0.717) is 0 Å². The summed E-state index contributed by atoms with van der Waals surface area (Å²) < 4.78 is 25.0. The quantitative estimate of drug-likeness (QED) is 0.715. The van der Waals surface area contributed by atoms with E-state index in [4.69, 9.17) is 5.11 Å². The molecule has 0 amide bonds. The molecule has 0 aliphatic heterocycles. The van der Waals surface area contributed by atoms with Gasteiger partial charge in [0.2, 0.25) is 10.0 Å². The summed E-state index contributed by atoms with van der Waals surface area (Å²) in [5.41, 5.74) is -0.578. The highest BCUT2D eigenvalue weighted by atomic mass is 32.2. The maximum absolute atomic E-state index is 11.9. The van der Waals surface area contributed by atoms with Crippen molar-refractivity contribution >= 4 is 16.0 Å². The van der Waals surface area contributed by atoms with Crippen molar-refractivity contribution in [3.05, 3.63) is 12.7 Å². The Morgan fingerprint density at radius 2 is 1.94 bits per heavy atom. The molecule has 0 saturated heterocycles. The topological polar surface area (TPSA) is 74.7 Å². The molecule has 0 radical (unpaired) electrons. The summed E-state index contributed by atoms with van der Waals surface area (Å²) in [5.74, 6) is -1.50. The van der Waals surface area contributed by atoms with Crippen molar-refractivity contribution in [1.82, 2.24) is 4.31 Å². The predicted octanol–water partition coefficient (Wildman–Crippen LogP) is 1.08. The lowest BCUT2D eigenvalue weighted by atomic mass is 10.1. The monoisotopic (exact) mass is 249 g/mol. The third kappa shape index (κ3) is 4.76. The molecule has 0 aliphatic rings. The van der Waals surface area contributed by atoms with Crippen LogP contribution in [0.1, 0.15) is 27.2 Å². The Bertz CT molecular complexity index is 354. The molecule has 0 aromatic rings. The highest BCUT2D eigenvalue weighted by molar-refractivity contribution is 7.89. The van der Waals surface area contributed by atoms with Crippen LogP contribution in [0.3, 0.4) is 0 Å². The Kier molecular flexibility index (Phi) is 5.15. The largest absolute Gasteiger partial charge is 0.481 e. The molecular formula is C10H19NO4S. The average molecular weight is 249 g/mol. The molecule has 0 aliphatic carbocycles. The van der Waals surface area contributed by atoms with Gasteiger partial charge in [0, 0.05) is 12.1 Å². The zero-order chi connectivity index (χ0) is 13.0. The van der Waals surface area contributed by atoms with Crippen LogP contribution in [0.2, 0.25) is 0 Å². The number of rotatable bonds is 6. The van der Waals surface area contributed by atoms with Crippen molar-refractivity contribution in [3.63, 3.8) is 0 Å². The van der Waals surface area contributed by atoms with Crippen LogP contribution in [0.5, 0.6) is 0 Å². The molecular weight excluding hydrogens is 230 g/mol. The normalized spacial score (nSPS) is 12.8. The molecule has 0 spiro atoms. The van der Waals surface area contributed by atoms with Gasteiger partial charge in [-0.1, -0.05) is 6.08 Å². The standard InChI is InChI=1S/C10H19NO4S/c1-5-7-11(10(2,3)4)16(14,15)8-6-9(12)13/h5H,1,6-8H2,2-4H3,(H,12,13). The van der Waals surface area contributed by atoms with Crippen LogP contribution in [-0.4, -0.2) is 41.6 Å². The molecule has 16 heavy (non-hydrogen) atoms. The third-order valence-corrected chi connectivity index (χ3v) is 4.04. The van der Waals surface area contributed by atoms with E-state index >= 15 is 0 Å². The lowest BCUT2D eigenvalue weighted by molar-refractivity contribution is -0.136. The predicted molar refractivity (Wildman–Crippen MR) is 62.7 cm³/mol. The summed E-state index contributed by atoms with van der Waals surface area (Å²) in [6, 6.07) is 0. The molecule has 0 unspecified atom stereocenters. The number of hydrogen-bond donors (Lipinski definition) is 1. The van der Waals surface area contributed by atoms with Gasteiger partial charge in [-0.3, -0.25) is 4.79 Å². The first-order valence-electron chi connectivity index (χ1n) is 4.94. The highest BCUT2D eigenvalue weighted by Gasteiger charge is 2.31. The first kappa shape index (κ1) is 15.1. The minimum atomic E-state index is -3.56. The number of aliphatic carboxylic acids is 1. The van der Waals surface area contributed by atoms with E-state index in [1.165, 1.54) is 10.4 Å². The molecule has 0 saturated carbocycles. The third-order valence-electron chi connectivity index (χ3n) is 1.95. The van der Waals surface area contributed by atoms with Crippen molar-refractivity contribution in [2.45, 2.75) is 32.7 Å². The van der Waals surface area contributed by atoms with Crippen molar-refractivity contribution in [2.24, 2.45) is 0 Å². The Morgan fingerprint density at radius 1 is 1.44 bits per heavy atom. The molecule has 0 aromatic carbocycles. The van der Waals surface area contributed by atoms with Crippen LogP contribution < -0.4 is 0 Å². The van der Waals surface area contributed by atoms with Crippen LogP contribution in [0.25, 0.3) is 0 Å². The number of nitrogens with zero attached hydrogens (tertiary/aromatic N) is 1. The fourth-order valence-corrected chi connectivity index (χ4v) is 3.07. The molecule has 5 nitrogen and oxygen atoms in total. The molecule has 0 rings (SSSR count). The number of carbonyl (C=O) groups is 1.